The van der Waals surface area contributed by atoms with E-state index < -0.39 is 42.3 Å². The van der Waals surface area contributed by atoms with Gasteiger partial charge in [0.05, 0.1) is 38.3 Å². The third-order valence-corrected chi connectivity index (χ3v) is 9.67. The zero-order valence-electron chi connectivity index (χ0n) is 28.6. The molecule has 0 spiro atoms. The molecular weight excluding hydrogens is 577 g/mol. The Morgan fingerprint density at radius 1 is 1.04 bits per heavy atom. The average molecular weight is 630 g/mol. The second-order valence-electron chi connectivity index (χ2n) is 15.0. The van der Waals surface area contributed by atoms with Gasteiger partial charge in [0.15, 0.2) is 11.5 Å². The van der Waals surface area contributed by atoms with E-state index in [9.17, 15) is 14.4 Å². The number of ether oxygens (including phenoxy) is 3. The highest BCUT2D eigenvalue weighted by molar-refractivity contribution is 6.48. The molecule has 1 aromatic rings. The number of hydrogen-bond donors (Lipinski definition) is 3. The summed E-state index contributed by atoms with van der Waals surface area (Å²) in [5.74, 6) is 1.05. The Morgan fingerprint density at radius 3 is 2.33 bits per heavy atom. The van der Waals surface area contributed by atoms with Gasteiger partial charge in [-0.15, -0.1) is 0 Å². The van der Waals surface area contributed by atoms with Crippen molar-refractivity contribution >= 4 is 25.0 Å². The fourth-order valence-corrected chi connectivity index (χ4v) is 7.21. The maximum absolute atomic E-state index is 13.8. The fraction of sp³-hybridized carbons (Fsp3) is 0.727. The van der Waals surface area contributed by atoms with Crippen LogP contribution in [0.3, 0.4) is 0 Å². The molecule has 4 aliphatic rings. The molecule has 3 saturated carbocycles. The Balaban J connectivity index is 1.46. The van der Waals surface area contributed by atoms with Gasteiger partial charge in [0.25, 0.3) is 0 Å². The predicted molar refractivity (Wildman–Crippen MR) is 171 cm³/mol. The van der Waals surface area contributed by atoms with Crippen molar-refractivity contribution in [3.8, 4) is 11.5 Å². The normalized spacial score (nSPS) is 26.2. The molecule has 45 heavy (non-hydrogen) atoms. The Labute approximate surface area is 268 Å². The van der Waals surface area contributed by atoms with Crippen LogP contribution in [0.2, 0.25) is 0 Å². The number of alkyl carbamates (subject to hydrolysis) is 1. The van der Waals surface area contributed by atoms with E-state index in [0.29, 0.717) is 35.3 Å². The Hall–Kier alpha value is -2.99. The van der Waals surface area contributed by atoms with E-state index in [0.717, 1.165) is 12.8 Å². The van der Waals surface area contributed by atoms with Gasteiger partial charge < -0.3 is 39.5 Å². The van der Waals surface area contributed by atoms with E-state index in [-0.39, 0.29) is 36.3 Å². The maximum atomic E-state index is 13.8. The van der Waals surface area contributed by atoms with Crippen LogP contribution in [0, 0.1) is 23.2 Å². The van der Waals surface area contributed by atoms with Crippen LogP contribution in [-0.4, -0.2) is 75.1 Å². The van der Waals surface area contributed by atoms with Gasteiger partial charge >= 0.3 is 13.2 Å². The molecule has 1 unspecified atom stereocenters. The Morgan fingerprint density at radius 2 is 1.73 bits per heavy atom. The van der Waals surface area contributed by atoms with Gasteiger partial charge in [0.1, 0.15) is 11.6 Å². The van der Waals surface area contributed by atoms with Crippen LogP contribution in [0.1, 0.15) is 80.2 Å². The summed E-state index contributed by atoms with van der Waals surface area (Å²) in [6.07, 6.45) is 1.93. The summed E-state index contributed by atoms with van der Waals surface area (Å²) in [4.78, 5) is 39.5. The molecular formula is C33H52BN3O8. The monoisotopic (exact) mass is 629 g/mol. The van der Waals surface area contributed by atoms with Crippen molar-refractivity contribution in [3.05, 3.63) is 23.8 Å². The van der Waals surface area contributed by atoms with Crippen molar-refractivity contribution in [2.75, 3.05) is 20.8 Å². The van der Waals surface area contributed by atoms with Crippen LogP contribution in [0.4, 0.5) is 4.79 Å². The number of amides is 3. The summed E-state index contributed by atoms with van der Waals surface area (Å²) < 4.78 is 29.3. The molecule has 3 amide bonds. The van der Waals surface area contributed by atoms with Crippen LogP contribution in [0.5, 0.6) is 11.5 Å². The zero-order chi connectivity index (χ0) is 33.3. The topological polar surface area (TPSA) is 133 Å². The first kappa shape index (κ1) is 34.9. The molecule has 5 rings (SSSR count). The summed E-state index contributed by atoms with van der Waals surface area (Å²) in [5.41, 5.74) is -0.296. The van der Waals surface area contributed by atoms with Crippen molar-refractivity contribution in [2.24, 2.45) is 23.2 Å². The number of methoxy groups -OCH3 is 2. The van der Waals surface area contributed by atoms with Crippen LogP contribution in [-0.2, 0) is 30.1 Å². The highest BCUT2D eigenvalue weighted by atomic mass is 16.7. The standard InChI is InChI=1S/C33H52BN3O8/c1-19(2)13-27(34-44-26-17-21-16-25(32(21,6)7)33(26,8)45-34)37-29(39)22(36-30(40)43-31(3,4)5)18-35-28(38)15-20-11-12-23(41-9)24(14-20)42-10/h11-12,14,19,21-22,25-27H,13,15-18H2,1-10H3,(H,35,38)(H,36,40)(H,37,39)/t21-,22-,25-,26?,27-,33-/m0/s1. The van der Waals surface area contributed by atoms with Crippen LogP contribution >= 0.6 is 0 Å². The lowest BCUT2D eigenvalue weighted by Crippen LogP contribution is -2.65. The zero-order valence-corrected chi connectivity index (χ0v) is 28.6. The molecule has 1 saturated heterocycles. The summed E-state index contributed by atoms with van der Waals surface area (Å²) >= 11 is 0. The third kappa shape index (κ3) is 7.88. The van der Waals surface area contributed by atoms with Gasteiger partial charge in [-0.25, -0.2) is 4.79 Å². The second kappa shape index (κ2) is 13.4. The molecule has 11 nitrogen and oxygen atoms in total. The summed E-state index contributed by atoms with van der Waals surface area (Å²) in [6.45, 7) is 16.0. The first-order chi connectivity index (χ1) is 21.0. The van der Waals surface area contributed by atoms with Crippen molar-refractivity contribution < 1.29 is 37.9 Å². The minimum Gasteiger partial charge on any atom is -0.493 e. The van der Waals surface area contributed by atoms with Gasteiger partial charge in [-0.3, -0.25) is 9.59 Å². The average Bonchev–Trinajstić information content (AvgIpc) is 3.30. The van der Waals surface area contributed by atoms with Crippen molar-refractivity contribution in [3.63, 3.8) is 0 Å². The number of rotatable bonds is 12. The Bertz CT molecular complexity index is 1250. The first-order valence-corrected chi connectivity index (χ1v) is 16.1. The molecule has 2 bridgehead atoms. The minimum atomic E-state index is -1.10. The van der Waals surface area contributed by atoms with E-state index in [2.05, 4.69) is 50.6 Å². The lowest BCUT2D eigenvalue weighted by molar-refractivity contribution is -0.199. The van der Waals surface area contributed by atoms with E-state index in [4.69, 9.17) is 23.5 Å². The van der Waals surface area contributed by atoms with Crippen LogP contribution < -0.4 is 25.4 Å². The predicted octanol–water partition coefficient (Wildman–Crippen LogP) is 4.05. The van der Waals surface area contributed by atoms with Gasteiger partial charge in [-0.05, 0) is 87.8 Å². The molecule has 1 aromatic carbocycles. The molecule has 12 heteroatoms. The first-order valence-electron chi connectivity index (χ1n) is 16.1. The number of hydrogen-bond acceptors (Lipinski definition) is 8. The fourth-order valence-electron chi connectivity index (χ4n) is 7.21. The molecule has 1 heterocycles. The molecule has 4 fully saturated rings. The maximum Gasteiger partial charge on any atom is 0.481 e. The van der Waals surface area contributed by atoms with Crippen molar-refractivity contribution in [1.82, 2.24) is 16.0 Å². The SMILES string of the molecule is COc1ccc(CC(=O)NC[C@H](NC(=O)OC(C)(C)C)C(=O)N[C@@H](CC(C)C)B2OC3C[C@@H]4C[C@@H](C4(C)C)[C@]3(C)O2)cc1OC. The summed E-state index contributed by atoms with van der Waals surface area (Å²) in [7, 11) is 2.45. The van der Waals surface area contributed by atoms with Crippen molar-refractivity contribution in [2.45, 2.75) is 110 Å². The third-order valence-electron chi connectivity index (χ3n) is 9.67. The minimum absolute atomic E-state index is 0.0302. The largest absolute Gasteiger partial charge is 0.493 e. The molecule has 6 atom stereocenters. The molecule has 0 aromatic heterocycles. The molecule has 0 radical (unpaired) electrons. The number of carbonyl (C=O) groups is 3. The van der Waals surface area contributed by atoms with E-state index in [1.54, 1.807) is 46.1 Å². The number of nitrogens with one attached hydrogen (secondary N) is 3. The Kier molecular flexibility index (Phi) is 10.4. The number of benzene rings is 1. The van der Waals surface area contributed by atoms with Gasteiger partial charge in [-0.2, -0.15) is 0 Å². The van der Waals surface area contributed by atoms with Crippen molar-refractivity contribution in [1.29, 1.82) is 0 Å². The molecule has 1 aliphatic heterocycles. The highest BCUT2D eigenvalue weighted by Crippen LogP contribution is 2.65. The van der Waals surface area contributed by atoms with Crippen LogP contribution in [0.15, 0.2) is 18.2 Å². The highest BCUT2D eigenvalue weighted by Gasteiger charge is 2.68. The summed E-state index contributed by atoms with van der Waals surface area (Å²) in [6, 6.07) is 4.12. The van der Waals surface area contributed by atoms with Gasteiger partial charge in [0.2, 0.25) is 11.8 Å². The van der Waals surface area contributed by atoms with E-state index in [1.807, 2.05) is 0 Å². The smallest absolute Gasteiger partial charge is 0.481 e. The lowest BCUT2D eigenvalue weighted by Gasteiger charge is -2.64. The molecule has 3 aliphatic carbocycles. The van der Waals surface area contributed by atoms with Crippen LogP contribution in [0.25, 0.3) is 0 Å². The molecule has 3 N–H and O–H groups in total. The lowest BCUT2D eigenvalue weighted by atomic mass is 9.43. The van der Waals surface area contributed by atoms with Gasteiger partial charge in [0, 0.05) is 6.54 Å². The second-order valence-corrected chi connectivity index (χ2v) is 15.0. The summed E-state index contributed by atoms with van der Waals surface area (Å²) in [5, 5.41) is 8.54. The number of carbonyl (C=O) groups excluding carboxylic acids is 3. The van der Waals surface area contributed by atoms with Gasteiger partial charge in [-0.1, -0.05) is 33.8 Å². The van der Waals surface area contributed by atoms with E-state index in [1.165, 1.54) is 7.11 Å². The quantitative estimate of drug-likeness (QED) is 0.295. The molecule has 250 valence electrons. The van der Waals surface area contributed by atoms with E-state index >= 15 is 0 Å².